The van der Waals surface area contributed by atoms with E-state index in [0.29, 0.717) is 10.5 Å². The van der Waals surface area contributed by atoms with Crippen molar-refractivity contribution in [3.63, 3.8) is 0 Å². The highest BCUT2D eigenvalue weighted by molar-refractivity contribution is 5.82. The number of nitrogens with zero attached hydrogens (tertiary/aromatic N) is 3. The van der Waals surface area contributed by atoms with Gasteiger partial charge in [0.25, 0.3) is 5.69 Å². The van der Waals surface area contributed by atoms with Crippen LogP contribution in [0, 0.1) is 10.1 Å². The number of halogens is 3. The van der Waals surface area contributed by atoms with E-state index in [9.17, 15) is 32.9 Å². The second kappa shape index (κ2) is 9.21. The Hall–Kier alpha value is -3.69. The summed E-state index contributed by atoms with van der Waals surface area (Å²) in [5, 5.41) is 11.3. The Balaban J connectivity index is 1.92. The van der Waals surface area contributed by atoms with Crippen molar-refractivity contribution in [1.29, 1.82) is 0 Å². The molecule has 2 amide bonds. The van der Waals surface area contributed by atoms with Crippen molar-refractivity contribution in [3.05, 3.63) is 81.5 Å². The fourth-order valence-corrected chi connectivity index (χ4v) is 3.68. The zero-order chi connectivity index (χ0) is 23.5. The zero-order valence-corrected chi connectivity index (χ0v) is 17.1. The SMILES string of the molecule is CC(=O)N1C=Cc2ccccc2C1CC(=O)N(Cc1ccccc1[N+](=O)[O-])CC(F)(F)F. The summed E-state index contributed by atoms with van der Waals surface area (Å²) in [7, 11) is 0. The number of nitro groups is 1. The van der Waals surface area contributed by atoms with Gasteiger partial charge >= 0.3 is 6.18 Å². The minimum Gasteiger partial charge on any atom is -0.329 e. The van der Waals surface area contributed by atoms with Gasteiger partial charge in [0.2, 0.25) is 11.8 Å². The van der Waals surface area contributed by atoms with E-state index in [1.54, 1.807) is 30.3 Å². The lowest BCUT2D eigenvalue weighted by Gasteiger charge is -2.34. The number of benzene rings is 2. The number of carbonyl (C=O) groups is 2. The molecule has 32 heavy (non-hydrogen) atoms. The molecule has 10 heteroatoms. The van der Waals surface area contributed by atoms with Gasteiger partial charge in [0.15, 0.2) is 0 Å². The van der Waals surface area contributed by atoms with E-state index in [1.807, 2.05) is 0 Å². The average molecular weight is 447 g/mol. The van der Waals surface area contributed by atoms with Gasteiger partial charge in [0.1, 0.15) is 6.54 Å². The summed E-state index contributed by atoms with van der Waals surface area (Å²) >= 11 is 0. The molecular formula is C22H20F3N3O4. The highest BCUT2D eigenvalue weighted by Gasteiger charge is 2.36. The van der Waals surface area contributed by atoms with Gasteiger partial charge in [-0.1, -0.05) is 42.5 Å². The number of nitro benzene ring substituents is 1. The molecule has 1 aliphatic rings. The normalized spacial score (nSPS) is 15.2. The van der Waals surface area contributed by atoms with Crippen LogP contribution in [-0.4, -0.2) is 39.3 Å². The van der Waals surface area contributed by atoms with Gasteiger partial charge in [0, 0.05) is 24.8 Å². The van der Waals surface area contributed by atoms with Gasteiger partial charge in [-0.15, -0.1) is 0 Å². The van der Waals surface area contributed by atoms with Crippen LogP contribution in [0.4, 0.5) is 18.9 Å². The predicted molar refractivity (Wildman–Crippen MR) is 110 cm³/mol. The molecule has 3 rings (SSSR count). The summed E-state index contributed by atoms with van der Waals surface area (Å²) in [6.45, 7) is -0.849. The molecule has 1 unspecified atom stereocenters. The fourth-order valence-electron chi connectivity index (χ4n) is 3.68. The minimum atomic E-state index is -4.70. The average Bonchev–Trinajstić information content (AvgIpc) is 2.72. The maximum absolute atomic E-state index is 13.2. The molecule has 1 atom stereocenters. The summed E-state index contributed by atoms with van der Waals surface area (Å²) in [4.78, 5) is 37.6. The molecule has 168 valence electrons. The highest BCUT2D eigenvalue weighted by atomic mass is 19.4. The van der Waals surface area contributed by atoms with Crippen LogP contribution in [0.15, 0.2) is 54.7 Å². The number of carbonyl (C=O) groups excluding carboxylic acids is 2. The first-order chi connectivity index (χ1) is 15.1. The highest BCUT2D eigenvalue weighted by Crippen LogP contribution is 2.34. The van der Waals surface area contributed by atoms with Crippen molar-refractivity contribution in [1.82, 2.24) is 9.80 Å². The lowest BCUT2D eigenvalue weighted by atomic mass is 9.93. The summed E-state index contributed by atoms with van der Waals surface area (Å²) in [5.41, 5.74) is 1.01. The van der Waals surface area contributed by atoms with Gasteiger partial charge in [-0.3, -0.25) is 19.7 Å². The van der Waals surface area contributed by atoms with E-state index in [0.717, 1.165) is 5.56 Å². The molecule has 7 nitrogen and oxygen atoms in total. The molecule has 0 bridgehead atoms. The third kappa shape index (κ3) is 5.32. The molecule has 0 saturated heterocycles. The predicted octanol–water partition coefficient (Wildman–Crippen LogP) is 4.45. The molecule has 0 saturated carbocycles. The first-order valence-corrected chi connectivity index (χ1v) is 9.69. The molecule has 2 aromatic carbocycles. The number of rotatable bonds is 6. The van der Waals surface area contributed by atoms with Gasteiger partial charge in [-0.25, -0.2) is 0 Å². The molecule has 0 spiro atoms. The molecule has 0 fully saturated rings. The van der Waals surface area contributed by atoms with E-state index in [4.69, 9.17) is 0 Å². The molecule has 1 heterocycles. The molecule has 0 aliphatic carbocycles. The van der Waals surface area contributed by atoms with Crippen LogP contribution in [0.25, 0.3) is 6.08 Å². The van der Waals surface area contributed by atoms with Crippen LogP contribution in [0.1, 0.15) is 36.1 Å². The summed E-state index contributed by atoms with van der Waals surface area (Å²) in [6.07, 6.45) is -1.92. The second-order valence-electron chi connectivity index (χ2n) is 7.34. The van der Waals surface area contributed by atoms with Crippen LogP contribution in [-0.2, 0) is 16.1 Å². The Morgan fingerprint density at radius 1 is 1.12 bits per heavy atom. The largest absolute Gasteiger partial charge is 0.406 e. The first kappa shape index (κ1) is 23.0. The number of hydrogen-bond acceptors (Lipinski definition) is 4. The monoisotopic (exact) mass is 447 g/mol. The van der Waals surface area contributed by atoms with E-state index in [2.05, 4.69) is 0 Å². The van der Waals surface area contributed by atoms with Crippen LogP contribution in [0.2, 0.25) is 0 Å². The number of para-hydroxylation sites is 1. The Labute approximate surface area is 181 Å². The molecule has 0 radical (unpaired) electrons. The molecule has 0 aromatic heterocycles. The Morgan fingerprint density at radius 2 is 1.78 bits per heavy atom. The standard InChI is InChI=1S/C22H20F3N3O4/c1-15(29)27-11-10-16-6-2-4-8-18(16)20(27)12-21(30)26(14-22(23,24)25)13-17-7-3-5-9-19(17)28(31)32/h2-11,20H,12-14H2,1H3. The number of hydrogen-bond donors (Lipinski definition) is 0. The maximum Gasteiger partial charge on any atom is 0.406 e. The second-order valence-corrected chi connectivity index (χ2v) is 7.34. The Bertz CT molecular complexity index is 1070. The summed E-state index contributed by atoms with van der Waals surface area (Å²) in [6, 6.07) is 11.5. The van der Waals surface area contributed by atoms with Gasteiger partial charge in [-0.2, -0.15) is 13.2 Å². The Morgan fingerprint density at radius 3 is 2.44 bits per heavy atom. The van der Waals surface area contributed by atoms with E-state index < -0.39 is 42.6 Å². The Kier molecular flexibility index (Phi) is 6.61. The molecule has 1 aliphatic heterocycles. The molecular weight excluding hydrogens is 427 g/mol. The van der Waals surface area contributed by atoms with Gasteiger partial charge < -0.3 is 9.80 Å². The van der Waals surface area contributed by atoms with Crippen molar-refractivity contribution in [2.45, 2.75) is 32.1 Å². The van der Waals surface area contributed by atoms with Crippen LogP contribution in [0.3, 0.4) is 0 Å². The molecule has 0 N–H and O–H groups in total. The fraction of sp³-hybridized carbons (Fsp3) is 0.273. The maximum atomic E-state index is 13.2. The minimum absolute atomic E-state index is 0.0116. The number of alkyl halides is 3. The van der Waals surface area contributed by atoms with Gasteiger partial charge in [0.05, 0.1) is 23.9 Å². The van der Waals surface area contributed by atoms with Crippen molar-refractivity contribution in [2.24, 2.45) is 0 Å². The zero-order valence-electron chi connectivity index (χ0n) is 17.1. The van der Waals surface area contributed by atoms with Crippen LogP contribution < -0.4 is 0 Å². The third-order valence-corrected chi connectivity index (χ3v) is 5.11. The van der Waals surface area contributed by atoms with Gasteiger partial charge in [-0.05, 0) is 17.2 Å². The third-order valence-electron chi connectivity index (χ3n) is 5.11. The van der Waals surface area contributed by atoms with Crippen molar-refractivity contribution >= 4 is 23.6 Å². The smallest absolute Gasteiger partial charge is 0.329 e. The topological polar surface area (TPSA) is 83.8 Å². The van der Waals surface area contributed by atoms with E-state index in [-0.39, 0.29) is 17.2 Å². The lowest BCUT2D eigenvalue weighted by Crippen LogP contribution is -2.41. The van der Waals surface area contributed by atoms with Crippen LogP contribution in [0.5, 0.6) is 0 Å². The lowest BCUT2D eigenvalue weighted by molar-refractivity contribution is -0.385. The first-order valence-electron chi connectivity index (χ1n) is 9.69. The number of amides is 2. The summed E-state index contributed by atoms with van der Waals surface area (Å²) in [5.74, 6) is -1.24. The van der Waals surface area contributed by atoms with Crippen molar-refractivity contribution in [2.75, 3.05) is 6.54 Å². The quantitative estimate of drug-likeness (QED) is 0.484. The van der Waals surface area contributed by atoms with Crippen LogP contribution >= 0.6 is 0 Å². The van der Waals surface area contributed by atoms with Crippen molar-refractivity contribution in [3.8, 4) is 0 Å². The number of fused-ring (bicyclic) bond motifs is 1. The van der Waals surface area contributed by atoms with Crippen molar-refractivity contribution < 1.29 is 27.7 Å². The molecule has 2 aromatic rings. The van der Waals surface area contributed by atoms with E-state index >= 15 is 0 Å². The van der Waals surface area contributed by atoms with E-state index in [1.165, 1.54) is 42.3 Å². The summed E-state index contributed by atoms with van der Waals surface area (Å²) < 4.78 is 39.7.